The Labute approximate surface area is 145 Å². The van der Waals surface area contributed by atoms with Crippen molar-refractivity contribution in [2.24, 2.45) is 11.8 Å². The minimum atomic E-state index is 0.0256. The lowest BCUT2D eigenvalue weighted by Gasteiger charge is -2.22. The summed E-state index contributed by atoms with van der Waals surface area (Å²) in [6, 6.07) is 7.99. The quantitative estimate of drug-likeness (QED) is 0.922. The molecule has 0 saturated carbocycles. The van der Waals surface area contributed by atoms with Crippen LogP contribution in [0.3, 0.4) is 0 Å². The molecule has 1 unspecified atom stereocenters. The highest BCUT2D eigenvalue weighted by Gasteiger charge is 2.25. The van der Waals surface area contributed by atoms with Crippen molar-refractivity contribution in [3.05, 3.63) is 29.8 Å². The average molecular weight is 331 g/mol. The van der Waals surface area contributed by atoms with Gasteiger partial charge in [0.05, 0.1) is 13.1 Å². The van der Waals surface area contributed by atoms with Crippen molar-refractivity contribution in [2.45, 2.75) is 26.8 Å². The minimum Gasteiger partial charge on any atom is -0.491 e. The molecular weight excluding hydrogens is 302 g/mol. The second-order valence-corrected chi connectivity index (χ2v) is 7.37. The smallest absolute Gasteiger partial charge is 0.317 e. The summed E-state index contributed by atoms with van der Waals surface area (Å²) in [4.78, 5) is 16.9. The van der Waals surface area contributed by atoms with Crippen LogP contribution in [0, 0.1) is 11.8 Å². The predicted molar refractivity (Wildman–Crippen MR) is 95.1 cm³/mol. The van der Waals surface area contributed by atoms with Crippen molar-refractivity contribution in [3.63, 3.8) is 0 Å². The number of rotatable bonds is 4. The first kappa shape index (κ1) is 17.1. The van der Waals surface area contributed by atoms with E-state index in [1.807, 2.05) is 29.2 Å². The number of para-hydroxylation sites is 1. The molecule has 2 heterocycles. The van der Waals surface area contributed by atoms with E-state index in [1.165, 1.54) is 6.42 Å². The van der Waals surface area contributed by atoms with Crippen LogP contribution in [0.25, 0.3) is 0 Å². The zero-order valence-corrected chi connectivity index (χ0v) is 14.8. The van der Waals surface area contributed by atoms with Crippen molar-refractivity contribution < 1.29 is 9.53 Å². The number of benzene rings is 1. The molecule has 24 heavy (non-hydrogen) atoms. The van der Waals surface area contributed by atoms with Crippen LogP contribution in [0.4, 0.5) is 4.79 Å². The Balaban J connectivity index is 1.47. The van der Waals surface area contributed by atoms with Gasteiger partial charge in [0.15, 0.2) is 0 Å². The number of ether oxygens (including phenoxy) is 1. The molecule has 2 aliphatic heterocycles. The molecule has 0 aliphatic carbocycles. The van der Waals surface area contributed by atoms with Gasteiger partial charge in [-0.1, -0.05) is 32.0 Å². The Morgan fingerprint density at radius 2 is 2.17 bits per heavy atom. The van der Waals surface area contributed by atoms with E-state index in [0.29, 0.717) is 31.5 Å². The molecule has 0 radical (unpaired) electrons. The molecule has 1 N–H and O–H groups in total. The zero-order valence-electron chi connectivity index (χ0n) is 14.8. The first-order valence-electron chi connectivity index (χ1n) is 9.07. The van der Waals surface area contributed by atoms with E-state index in [-0.39, 0.29) is 6.03 Å². The molecule has 1 aromatic rings. The summed E-state index contributed by atoms with van der Waals surface area (Å²) in [6.07, 6.45) is 1.18. The van der Waals surface area contributed by atoms with Gasteiger partial charge in [0.25, 0.3) is 0 Å². The Morgan fingerprint density at radius 3 is 3.00 bits per heavy atom. The molecule has 0 spiro atoms. The second-order valence-electron chi connectivity index (χ2n) is 7.37. The van der Waals surface area contributed by atoms with Gasteiger partial charge in [0, 0.05) is 25.2 Å². The van der Waals surface area contributed by atoms with Crippen molar-refractivity contribution >= 4 is 6.03 Å². The molecule has 1 saturated heterocycles. The van der Waals surface area contributed by atoms with Gasteiger partial charge >= 0.3 is 6.03 Å². The number of likely N-dealkylation sites (tertiary alicyclic amines) is 1. The largest absolute Gasteiger partial charge is 0.491 e. The first-order valence-corrected chi connectivity index (χ1v) is 9.07. The number of carbonyl (C=O) groups excluding carboxylic acids is 1. The van der Waals surface area contributed by atoms with Gasteiger partial charge in [-0.2, -0.15) is 0 Å². The third kappa shape index (κ3) is 4.41. The number of amides is 2. The fourth-order valence-electron chi connectivity index (χ4n) is 3.60. The molecule has 5 nitrogen and oxygen atoms in total. The Hall–Kier alpha value is -1.75. The number of hydrogen-bond acceptors (Lipinski definition) is 3. The van der Waals surface area contributed by atoms with E-state index in [1.54, 1.807) is 0 Å². The summed E-state index contributed by atoms with van der Waals surface area (Å²) < 4.78 is 5.73. The van der Waals surface area contributed by atoms with Crippen LogP contribution in [0.2, 0.25) is 0 Å². The number of nitrogens with one attached hydrogen (secondary N) is 1. The highest BCUT2D eigenvalue weighted by atomic mass is 16.5. The molecule has 0 aromatic heterocycles. The number of hydrogen-bond donors (Lipinski definition) is 1. The summed E-state index contributed by atoms with van der Waals surface area (Å²) in [7, 11) is 0. The Bertz CT molecular complexity index is 561. The predicted octanol–water partition coefficient (Wildman–Crippen LogP) is 2.57. The van der Waals surface area contributed by atoms with Crippen molar-refractivity contribution in [3.8, 4) is 5.75 Å². The summed E-state index contributed by atoms with van der Waals surface area (Å²) in [6.45, 7) is 10.5. The van der Waals surface area contributed by atoms with Gasteiger partial charge in [-0.15, -0.1) is 0 Å². The SMILES string of the molecule is CC(C)CN1CCC(CNC(=O)N2CCOc3ccccc3C2)C1. The maximum Gasteiger partial charge on any atom is 0.317 e. The van der Waals surface area contributed by atoms with E-state index < -0.39 is 0 Å². The van der Waals surface area contributed by atoms with Crippen LogP contribution in [-0.4, -0.2) is 55.2 Å². The molecule has 1 aromatic carbocycles. The van der Waals surface area contributed by atoms with Crippen LogP contribution in [0.5, 0.6) is 5.75 Å². The van der Waals surface area contributed by atoms with Crippen molar-refractivity contribution in [1.29, 1.82) is 0 Å². The van der Waals surface area contributed by atoms with Crippen LogP contribution in [0.15, 0.2) is 24.3 Å². The number of fused-ring (bicyclic) bond motifs is 1. The maximum atomic E-state index is 12.5. The normalized spacial score (nSPS) is 21.3. The second kappa shape index (κ2) is 7.88. The van der Waals surface area contributed by atoms with Gasteiger partial charge < -0.3 is 19.9 Å². The molecule has 5 heteroatoms. The summed E-state index contributed by atoms with van der Waals surface area (Å²) in [5, 5.41) is 3.13. The van der Waals surface area contributed by atoms with Crippen LogP contribution in [0.1, 0.15) is 25.8 Å². The van der Waals surface area contributed by atoms with Gasteiger partial charge in [0.2, 0.25) is 0 Å². The van der Waals surface area contributed by atoms with E-state index >= 15 is 0 Å². The third-order valence-electron chi connectivity index (χ3n) is 4.78. The maximum absolute atomic E-state index is 12.5. The highest BCUT2D eigenvalue weighted by molar-refractivity contribution is 5.74. The standard InChI is InChI=1S/C19H29N3O2/c1-15(2)12-21-8-7-16(13-21)11-20-19(23)22-9-10-24-18-6-4-3-5-17(18)14-22/h3-6,15-16H,7-14H2,1-2H3,(H,20,23). The molecule has 2 amide bonds. The lowest BCUT2D eigenvalue weighted by molar-refractivity contribution is 0.185. The van der Waals surface area contributed by atoms with E-state index in [2.05, 4.69) is 24.1 Å². The van der Waals surface area contributed by atoms with E-state index in [4.69, 9.17) is 4.74 Å². The van der Waals surface area contributed by atoms with Crippen molar-refractivity contribution in [2.75, 3.05) is 39.3 Å². The molecule has 1 fully saturated rings. The lowest BCUT2D eigenvalue weighted by atomic mass is 10.1. The first-order chi connectivity index (χ1) is 11.6. The summed E-state index contributed by atoms with van der Waals surface area (Å²) in [5.74, 6) is 2.17. The fourth-order valence-corrected chi connectivity index (χ4v) is 3.60. The average Bonchev–Trinajstić information content (AvgIpc) is 2.88. The lowest BCUT2D eigenvalue weighted by Crippen LogP contribution is -2.42. The Morgan fingerprint density at radius 1 is 1.33 bits per heavy atom. The molecule has 3 rings (SSSR count). The van der Waals surface area contributed by atoms with E-state index in [0.717, 1.165) is 37.5 Å². The van der Waals surface area contributed by atoms with Crippen molar-refractivity contribution in [1.82, 2.24) is 15.1 Å². The van der Waals surface area contributed by atoms with E-state index in [9.17, 15) is 4.79 Å². The zero-order chi connectivity index (χ0) is 16.9. The Kier molecular flexibility index (Phi) is 5.61. The van der Waals surface area contributed by atoms with Gasteiger partial charge in [-0.3, -0.25) is 0 Å². The number of carbonyl (C=O) groups is 1. The summed E-state index contributed by atoms with van der Waals surface area (Å²) >= 11 is 0. The van der Waals surface area contributed by atoms with Crippen LogP contribution < -0.4 is 10.1 Å². The van der Waals surface area contributed by atoms with Gasteiger partial charge in [-0.05, 0) is 30.9 Å². The van der Waals surface area contributed by atoms with Gasteiger partial charge in [0.1, 0.15) is 12.4 Å². The fraction of sp³-hybridized carbons (Fsp3) is 0.632. The molecule has 0 bridgehead atoms. The third-order valence-corrected chi connectivity index (χ3v) is 4.78. The minimum absolute atomic E-state index is 0.0256. The molecule has 1 atom stereocenters. The number of nitrogens with zero attached hydrogens (tertiary/aromatic N) is 2. The molecule has 132 valence electrons. The summed E-state index contributed by atoms with van der Waals surface area (Å²) in [5.41, 5.74) is 1.08. The number of urea groups is 1. The van der Waals surface area contributed by atoms with Crippen LogP contribution in [-0.2, 0) is 6.54 Å². The highest BCUT2D eigenvalue weighted by Crippen LogP contribution is 2.22. The van der Waals surface area contributed by atoms with Gasteiger partial charge in [-0.25, -0.2) is 4.79 Å². The topological polar surface area (TPSA) is 44.8 Å². The van der Waals surface area contributed by atoms with Crippen LogP contribution >= 0.6 is 0 Å². The molecular formula is C19H29N3O2. The molecule has 2 aliphatic rings. The monoisotopic (exact) mass is 331 g/mol.